The fourth-order valence-electron chi connectivity index (χ4n) is 1.95. The highest BCUT2D eigenvalue weighted by Crippen LogP contribution is 2.32. The molecule has 0 saturated carbocycles. The van der Waals surface area contributed by atoms with Crippen molar-refractivity contribution >= 4 is 11.5 Å². The van der Waals surface area contributed by atoms with E-state index in [9.17, 15) is 10.1 Å². The molecular formula is C11H17N5O2. The van der Waals surface area contributed by atoms with Crippen LogP contribution in [0.3, 0.4) is 0 Å². The molecule has 0 N–H and O–H groups in total. The van der Waals surface area contributed by atoms with Gasteiger partial charge in [-0.2, -0.15) is 10.4 Å². The van der Waals surface area contributed by atoms with Gasteiger partial charge >= 0.3 is 5.69 Å². The van der Waals surface area contributed by atoms with Gasteiger partial charge in [0.05, 0.1) is 17.4 Å². The van der Waals surface area contributed by atoms with Gasteiger partial charge in [-0.3, -0.25) is 10.1 Å². The molecule has 7 nitrogen and oxygen atoms in total. The Balaban J connectivity index is 3.27. The fraction of sp³-hybridized carbons (Fsp3) is 0.636. The molecule has 7 heteroatoms. The Morgan fingerprint density at radius 2 is 2.22 bits per heavy atom. The van der Waals surface area contributed by atoms with Crippen LogP contribution in [0.4, 0.5) is 11.5 Å². The molecule has 1 heterocycles. The van der Waals surface area contributed by atoms with Crippen LogP contribution in [-0.4, -0.2) is 27.3 Å². The van der Waals surface area contributed by atoms with E-state index in [4.69, 9.17) is 5.26 Å². The zero-order chi connectivity index (χ0) is 13.9. The predicted octanol–water partition coefficient (Wildman–Crippen LogP) is 1.77. The molecule has 0 amide bonds. The largest absolute Gasteiger partial charge is 0.348 e. The van der Waals surface area contributed by atoms with Crippen molar-refractivity contribution in [3.63, 3.8) is 0 Å². The quantitative estimate of drug-likeness (QED) is 0.587. The van der Waals surface area contributed by atoms with Gasteiger partial charge in [-0.25, -0.2) is 4.68 Å². The van der Waals surface area contributed by atoms with Gasteiger partial charge in [0.1, 0.15) is 5.69 Å². The second-order valence-electron chi connectivity index (χ2n) is 4.33. The average molecular weight is 251 g/mol. The van der Waals surface area contributed by atoms with Gasteiger partial charge in [0, 0.05) is 19.6 Å². The molecule has 0 saturated heterocycles. The van der Waals surface area contributed by atoms with Crippen molar-refractivity contribution in [1.82, 2.24) is 9.78 Å². The van der Waals surface area contributed by atoms with Crippen molar-refractivity contribution in [1.29, 1.82) is 5.26 Å². The zero-order valence-corrected chi connectivity index (χ0v) is 11.0. The van der Waals surface area contributed by atoms with E-state index in [-0.39, 0.29) is 11.7 Å². The van der Waals surface area contributed by atoms with Gasteiger partial charge in [0.15, 0.2) is 0 Å². The van der Waals surface area contributed by atoms with Crippen molar-refractivity contribution in [2.24, 2.45) is 7.05 Å². The normalized spacial score (nSPS) is 10.4. The summed E-state index contributed by atoms with van der Waals surface area (Å²) in [6.45, 7) is 5.94. The van der Waals surface area contributed by atoms with E-state index >= 15 is 0 Å². The second kappa shape index (κ2) is 5.49. The van der Waals surface area contributed by atoms with Crippen LogP contribution in [0.15, 0.2) is 0 Å². The summed E-state index contributed by atoms with van der Waals surface area (Å²) in [5.74, 6) is 0.461. The molecule has 0 atom stereocenters. The number of hydrogen-bond donors (Lipinski definition) is 0. The maximum Gasteiger partial charge on any atom is 0.333 e. The van der Waals surface area contributed by atoms with Crippen LogP contribution in [0, 0.1) is 28.4 Å². The predicted molar refractivity (Wildman–Crippen MR) is 67.3 cm³/mol. The van der Waals surface area contributed by atoms with E-state index in [1.807, 2.05) is 18.7 Å². The molecule has 0 radical (unpaired) electrons. The van der Waals surface area contributed by atoms with Crippen molar-refractivity contribution in [2.45, 2.75) is 33.2 Å². The lowest BCUT2D eigenvalue weighted by atomic mass is 10.2. The minimum absolute atomic E-state index is 0.0177. The molecule has 0 aliphatic rings. The number of hydrogen-bond acceptors (Lipinski definition) is 5. The Bertz CT molecular complexity index is 486. The smallest absolute Gasteiger partial charge is 0.333 e. The summed E-state index contributed by atoms with van der Waals surface area (Å²) >= 11 is 0. The Morgan fingerprint density at radius 1 is 1.61 bits per heavy atom. The third-order valence-corrected chi connectivity index (χ3v) is 2.70. The lowest BCUT2D eigenvalue weighted by molar-refractivity contribution is -0.384. The van der Waals surface area contributed by atoms with Crippen LogP contribution in [0.1, 0.15) is 26.0 Å². The lowest BCUT2D eigenvalue weighted by Gasteiger charge is -2.26. The van der Waals surface area contributed by atoms with E-state index in [0.717, 1.165) is 0 Å². The minimum Gasteiger partial charge on any atom is -0.348 e. The highest BCUT2D eigenvalue weighted by Gasteiger charge is 2.29. The number of aromatic nitrogens is 2. The monoisotopic (exact) mass is 251 g/mol. The summed E-state index contributed by atoms with van der Waals surface area (Å²) in [4.78, 5) is 12.5. The first-order valence-electron chi connectivity index (χ1n) is 5.71. The number of nitriles is 1. The molecule has 0 fully saturated rings. The SMILES string of the molecule is Cc1nn(C)c(N(CCC#N)C(C)C)c1[N+](=O)[O-]. The van der Waals surface area contributed by atoms with Crippen LogP contribution in [-0.2, 0) is 7.05 Å². The van der Waals surface area contributed by atoms with Crippen LogP contribution in [0.2, 0.25) is 0 Å². The summed E-state index contributed by atoms with van der Waals surface area (Å²) in [5, 5.41) is 23.9. The van der Waals surface area contributed by atoms with Crippen molar-refractivity contribution in [3.8, 4) is 6.07 Å². The van der Waals surface area contributed by atoms with Crippen LogP contribution >= 0.6 is 0 Å². The third-order valence-electron chi connectivity index (χ3n) is 2.70. The number of anilines is 1. The number of aryl methyl sites for hydroxylation is 2. The summed E-state index contributed by atoms with van der Waals surface area (Å²) < 4.78 is 1.50. The third kappa shape index (κ3) is 2.59. The topological polar surface area (TPSA) is 88.0 Å². The Labute approximate surface area is 106 Å². The lowest BCUT2D eigenvalue weighted by Crippen LogP contribution is -2.33. The van der Waals surface area contributed by atoms with E-state index < -0.39 is 4.92 Å². The molecule has 0 aliphatic heterocycles. The first-order chi connectivity index (χ1) is 8.40. The summed E-state index contributed by atoms with van der Waals surface area (Å²) in [5.41, 5.74) is 0.407. The molecule has 1 aromatic heterocycles. The maximum absolute atomic E-state index is 11.1. The van der Waals surface area contributed by atoms with Crippen LogP contribution in [0.25, 0.3) is 0 Å². The first-order valence-corrected chi connectivity index (χ1v) is 5.71. The van der Waals surface area contributed by atoms with E-state index in [1.165, 1.54) is 4.68 Å². The van der Waals surface area contributed by atoms with Gasteiger partial charge in [-0.1, -0.05) is 0 Å². The van der Waals surface area contributed by atoms with E-state index in [2.05, 4.69) is 11.2 Å². The number of nitrogens with zero attached hydrogens (tertiary/aromatic N) is 5. The summed E-state index contributed by atoms with van der Waals surface area (Å²) in [6, 6.07) is 2.12. The summed E-state index contributed by atoms with van der Waals surface area (Å²) in [6.07, 6.45) is 0.319. The number of nitro groups is 1. The van der Waals surface area contributed by atoms with Crippen molar-refractivity contribution in [3.05, 3.63) is 15.8 Å². The van der Waals surface area contributed by atoms with E-state index in [0.29, 0.717) is 24.5 Å². The molecular weight excluding hydrogens is 234 g/mol. The Hall–Kier alpha value is -2.10. The molecule has 0 bridgehead atoms. The maximum atomic E-state index is 11.1. The van der Waals surface area contributed by atoms with Gasteiger partial charge in [0.25, 0.3) is 0 Å². The first kappa shape index (κ1) is 14.0. The van der Waals surface area contributed by atoms with Crippen LogP contribution in [0.5, 0.6) is 0 Å². The Kier molecular flexibility index (Phi) is 4.26. The minimum atomic E-state index is -0.417. The van der Waals surface area contributed by atoms with Crippen LogP contribution < -0.4 is 4.90 Å². The van der Waals surface area contributed by atoms with Gasteiger partial charge in [-0.05, 0) is 20.8 Å². The highest BCUT2D eigenvalue weighted by molar-refractivity contribution is 5.61. The van der Waals surface area contributed by atoms with Gasteiger partial charge in [-0.15, -0.1) is 0 Å². The molecule has 1 aromatic rings. The van der Waals surface area contributed by atoms with Crippen molar-refractivity contribution in [2.75, 3.05) is 11.4 Å². The summed E-state index contributed by atoms with van der Waals surface area (Å²) in [7, 11) is 1.68. The second-order valence-corrected chi connectivity index (χ2v) is 4.33. The van der Waals surface area contributed by atoms with Gasteiger partial charge < -0.3 is 4.90 Å². The molecule has 18 heavy (non-hydrogen) atoms. The molecule has 0 aliphatic carbocycles. The van der Waals surface area contributed by atoms with E-state index in [1.54, 1.807) is 14.0 Å². The zero-order valence-electron chi connectivity index (χ0n) is 11.0. The number of rotatable bonds is 5. The molecule has 0 unspecified atom stereocenters. The molecule has 98 valence electrons. The fourth-order valence-corrected chi connectivity index (χ4v) is 1.95. The molecule has 1 rings (SSSR count). The average Bonchev–Trinajstić information content (AvgIpc) is 2.54. The standard InChI is InChI=1S/C11H17N5O2/c1-8(2)15(7-5-6-12)11-10(16(17)18)9(3)13-14(11)4/h8H,5,7H2,1-4H3. The van der Waals surface area contributed by atoms with Gasteiger partial charge in [0.2, 0.25) is 5.82 Å². The van der Waals surface area contributed by atoms with Crippen molar-refractivity contribution < 1.29 is 4.92 Å². The molecule has 0 aromatic carbocycles. The molecule has 0 spiro atoms. The Morgan fingerprint density at radius 3 is 2.67 bits per heavy atom. The highest BCUT2D eigenvalue weighted by atomic mass is 16.6.